The first-order valence-electron chi connectivity index (χ1n) is 9.55. The summed E-state index contributed by atoms with van der Waals surface area (Å²) in [5.74, 6) is -0.493. The summed E-state index contributed by atoms with van der Waals surface area (Å²) in [4.78, 5) is 22.0. The third-order valence-corrected chi connectivity index (χ3v) is 5.59. The summed E-state index contributed by atoms with van der Waals surface area (Å²) in [6.07, 6.45) is 3.06. The molecule has 2 aliphatic heterocycles. The summed E-state index contributed by atoms with van der Waals surface area (Å²) in [7, 11) is -0.540. The standard InChI is InChI=1S/C18H28BN3O6/c1-17(2)18(3,4)28-19(27-17)12-8-20-16(21-9-12)26-13-6-5-7-22(10-13)15(25)14(24)11-23/h8-9,13-14,23-24H,5-7,10-11H2,1-4H3. The first kappa shape index (κ1) is 21.0. The highest BCUT2D eigenvalue weighted by Crippen LogP contribution is 2.36. The van der Waals surface area contributed by atoms with E-state index in [-0.39, 0.29) is 12.1 Å². The average Bonchev–Trinajstić information content (AvgIpc) is 2.88. The Bertz CT molecular complexity index is 683. The van der Waals surface area contributed by atoms with Gasteiger partial charge in [-0.25, -0.2) is 9.97 Å². The van der Waals surface area contributed by atoms with Crippen LogP contribution < -0.4 is 10.2 Å². The second-order valence-corrected chi connectivity index (χ2v) is 8.25. The molecule has 2 saturated heterocycles. The number of aliphatic hydroxyl groups is 2. The molecule has 2 atom stereocenters. The summed E-state index contributed by atoms with van der Waals surface area (Å²) < 4.78 is 17.8. The molecule has 10 heteroatoms. The van der Waals surface area contributed by atoms with E-state index >= 15 is 0 Å². The zero-order chi connectivity index (χ0) is 20.5. The number of hydrogen-bond donors (Lipinski definition) is 2. The van der Waals surface area contributed by atoms with Gasteiger partial charge in [0.15, 0.2) is 6.10 Å². The maximum Gasteiger partial charge on any atom is 0.498 e. The quantitative estimate of drug-likeness (QED) is 0.644. The maximum atomic E-state index is 12.0. The van der Waals surface area contributed by atoms with Crippen molar-refractivity contribution in [1.29, 1.82) is 0 Å². The molecule has 3 heterocycles. The number of hydrogen-bond acceptors (Lipinski definition) is 8. The van der Waals surface area contributed by atoms with E-state index in [1.54, 1.807) is 12.4 Å². The van der Waals surface area contributed by atoms with Gasteiger partial charge in [0, 0.05) is 24.4 Å². The molecule has 2 fully saturated rings. The Balaban J connectivity index is 1.60. The van der Waals surface area contributed by atoms with E-state index < -0.39 is 36.9 Å². The van der Waals surface area contributed by atoms with Crippen molar-refractivity contribution in [3.8, 4) is 6.01 Å². The van der Waals surface area contributed by atoms with Crippen molar-refractivity contribution in [2.75, 3.05) is 19.7 Å². The Morgan fingerprint density at radius 2 is 1.93 bits per heavy atom. The largest absolute Gasteiger partial charge is 0.498 e. The zero-order valence-electron chi connectivity index (χ0n) is 16.8. The summed E-state index contributed by atoms with van der Waals surface area (Å²) in [6, 6.07) is 0.210. The van der Waals surface area contributed by atoms with Crippen LogP contribution in [0.3, 0.4) is 0 Å². The molecule has 154 valence electrons. The molecule has 3 rings (SSSR count). The molecule has 1 amide bonds. The maximum absolute atomic E-state index is 12.0. The van der Waals surface area contributed by atoms with E-state index in [9.17, 15) is 9.90 Å². The fourth-order valence-corrected chi connectivity index (χ4v) is 3.16. The van der Waals surface area contributed by atoms with Crippen molar-refractivity contribution < 1.29 is 29.1 Å². The minimum atomic E-state index is -1.39. The molecule has 0 spiro atoms. The second kappa shape index (κ2) is 7.94. The first-order chi connectivity index (χ1) is 13.1. The Labute approximate surface area is 165 Å². The highest BCUT2D eigenvalue weighted by Gasteiger charge is 2.52. The van der Waals surface area contributed by atoms with Crippen LogP contribution in [-0.4, -0.2) is 81.2 Å². The van der Waals surface area contributed by atoms with Crippen LogP contribution in [0.25, 0.3) is 0 Å². The monoisotopic (exact) mass is 393 g/mol. The Morgan fingerprint density at radius 3 is 2.50 bits per heavy atom. The van der Waals surface area contributed by atoms with Crippen LogP contribution in [-0.2, 0) is 14.1 Å². The van der Waals surface area contributed by atoms with Gasteiger partial charge in [-0.2, -0.15) is 0 Å². The van der Waals surface area contributed by atoms with Gasteiger partial charge in [0.25, 0.3) is 5.91 Å². The topological polar surface area (TPSA) is 114 Å². The SMILES string of the molecule is CC1(C)OB(c2cnc(OC3CCCN(C(=O)C(O)CO)C3)nc2)OC1(C)C. The molecule has 0 aromatic carbocycles. The van der Waals surface area contributed by atoms with E-state index in [1.165, 1.54) is 4.90 Å². The van der Waals surface area contributed by atoms with Crippen molar-refractivity contribution in [1.82, 2.24) is 14.9 Å². The molecule has 0 radical (unpaired) electrons. The highest BCUT2D eigenvalue weighted by molar-refractivity contribution is 6.61. The number of ether oxygens (including phenoxy) is 1. The number of carbonyl (C=O) groups is 1. The smallest absolute Gasteiger partial charge is 0.458 e. The van der Waals surface area contributed by atoms with E-state index in [2.05, 4.69) is 9.97 Å². The van der Waals surface area contributed by atoms with Crippen molar-refractivity contribution in [3.05, 3.63) is 12.4 Å². The molecule has 9 nitrogen and oxygen atoms in total. The number of aromatic nitrogens is 2. The molecule has 1 aromatic heterocycles. The number of likely N-dealkylation sites (tertiary alicyclic amines) is 1. The van der Waals surface area contributed by atoms with Crippen LogP contribution in [0.1, 0.15) is 40.5 Å². The lowest BCUT2D eigenvalue weighted by Crippen LogP contribution is -2.49. The van der Waals surface area contributed by atoms with Gasteiger partial charge >= 0.3 is 13.1 Å². The fourth-order valence-electron chi connectivity index (χ4n) is 3.16. The van der Waals surface area contributed by atoms with Crippen molar-refractivity contribution in [2.24, 2.45) is 0 Å². The van der Waals surface area contributed by atoms with E-state index in [0.29, 0.717) is 18.6 Å². The minimum Gasteiger partial charge on any atom is -0.458 e. The molecule has 2 aliphatic rings. The first-order valence-corrected chi connectivity index (χ1v) is 9.55. The lowest BCUT2D eigenvalue weighted by molar-refractivity contribution is -0.144. The average molecular weight is 393 g/mol. The van der Waals surface area contributed by atoms with Crippen LogP contribution in [0.4, 0.5) is 0 Å². The van der Waals surface area contributed by atoms with Crippen molar-refractivity contribution >= 4 is 18.5 Å². The van der Waals surface area contributed by atoms with Gasteiger partial charge in [-0.05, 0) is 40.5 Å². The molecule has 0 bridgehead atoms. The number of amides is 1. The summed E-state index contributed by atoms with van der Waals surface area (Å²) in [5, 5.41) is 18.5. The molecule has 28 heavy (non-hydrogen) atoms. The molecule has 2 unspecified atom stereocenters. The van der Waals surface area contributed by atoms with Crippen LogP contribution in [0.2, 0.25) is 0 Å². The number of piperidine rings is 1. The third-order valence-electron chi connectivity index (χ3n) is 5.59. The van der Waals surface area contributed by atoms with Crippen molar-refractivity contribution in [3.63, 3.8) is 0 Å². The fraction of sp³-hybridized carbons (Fsp3) is 0.722. The lowest BCUT2D eigenvalue weighted by Gasteiger charge is -2.33. The van der Waals surface area contributed by atoms with E-state index in [0.717, 1.165) is 12.8 Å². The van der Waals surface area contributed by atoms with Gasteiger partial charge in [0.2, 0.25) is 0 Å². The normalized spacial score (nSPS) is 24.9. The number of carbonyl (C=O) groups excluding carboxylic acids is 1. The predicted octanol–water partition coefficient (Wildman–Crippen LogP) is -0.501. The Morgan fingerprint density at radius 1 is 1.32 bits per heavy atom. The van der Waals surface area contributed by atoms with Crippen LogP contribution in [0.15, 0.2) is 12.4 Å². The van der Waals surface area contributed by atoms with Crippen molar-refractivity contribution in [2.45, 2.75) is 63.9 Å². The van der Waals surface area contributed by atoms with Crippen LogP contribution in [0.5, 0.6) is 6.01 Å². The summed E-state index contributed by atoms with van der Waals surface area (Å²) in [5.41, 5.74) is -0.175. The van der Waals surface area contributed by atoms with Gasteiger partial charge in [0.1, 0.15) is 6.10 Å². The molecule has 1 aromatic rings. The molecular formula is C18H28BN3O6. The number of aliphatic hydroxyl groups excluding tert-OH is 2. The Hall–Kier alpha value is -1.75. The highest BCUT2D eigenvalue weighted by atomic mass is 16.7. The van der Waals surface area contributed by atoms with E-state index in [1.807, 2.05) is 27.7 Å². The van der Waals surface area contributed by atoms with Gasteiger partial charge < -0.3 is 29.2 Å². The molecule has 0 aliphatic carbocycles. The third kappa shape index (κ3) is 4.30. The second-order valence-electron chi connectivity index (χ2n) is 8.25. The molecule has 2 N–H and O–H groups in total. The van der Waals surface area contributed by atoms with Gasteiger partial charge in [-0.3, -0.25) is 4.79 Å². The number of rotatable bonds is 5. The molecular weight excluding hydrogens is 365 g/mol. The zero-order valence-corrected chi connectivity index (χ0v) is 16.8. The van der Waals surface area contributed by atoms with Crippen LogP contribution >= 0.6 is 0 Å². The Kier molecular flexibility index (Phi) is 5.95. The van der Waals surface area contributed by atoms with Gasteiger partial charge in [-0.1, -0.05) is 0 Å². The van der Waals surface area contributed by atoms with Gasteiger partial charge in [0.05, 0.1) is 24.4 Å². The summed E-state index contributed by atoms with van der Waals surface area (Å²) in [6.45, 7) is 8.18. The molecule has 0 saturated carbocycles. The minimum absolute atomic E-state index is 0.210. The number of nitrogens with zero attached hydrogens (tertiary/aromatic N) is 3. The predicted molar refractivity (Wildman–Crippen MR) is 101 cm³/mol. The summed E-state index contributed by atoms with van der Waals surface area (Å²) >= 11 is 0. The lowest BCUT2D eigenvalue weighted by atomic mass is 9.81. The van der Waals surface area contributed by atoms with Gasteiger partial charge in [-0.15, -0.1) is 0 Å². The van der Waals surface area contributed by atoms with E-state index in [4.69, 9.17) is 19.2 Å². The van der Waals surface area contributed by atoms with Crippen LogP contribution in [0, 0.1) is 0 Å².